The summed E-state index contributed by atoms with van der Waals surface area (Å²) in [5.74, 6) is 0.0303. The van der Waals surface area contributed by atoms with Gasteiger partial charge in [-0.15, -0.1) is 0 Å². The standard InChI is InChI=1S/C15H19NO/c1-11-4-6-12(7-5-11)15(10-16)9-8-13(15)14(2,3)17/h4-7,13,17H,8-9H2,1-3H3/t13-,15-/m0/s1. The van der Waals surface area contributed by atoms with Gasteiger partial charge in [0.25, 0.3) is 0 Å². The van der Waals surface area contributed by atoms with Crippen molar-refractivity contribution in [1.82, 2.24) is 0 Å². The third-order valence-electron chi connectivity index (χ3n) is 4.04. The molecule has 1 aromatic rings. The van der Waals surface area contributed by atoms with Gasteiger partial charge >= 0.3 is 0 Å². The van der Waals surface area contributed by atoms with Crippen LogP contribution in [0.15, 0.2) is 24.3 Å². The Kier molecular flexibility index (Phi) is 2.75. The Labute approximate surface area is 103 Å². The molecule has 2 heteroatoms. The molecule has 0 unspecified atom stereocenters. The van der Waals surface area contributed by atoms with Crippen molar-refractivity contribution in [2.75, 3.05) is 0 Å². The zero-order valence-electron chi connectivity index (χ0n) is 10.7. The van der Waals surface area contributed by atoms with Crippen LogP contribution >= 0.6 is 0 Å². The van der Waals surface area contributed by atoms with E-state index in [1.165, 1.54) is 5.56 Å². The van der Waals surface area contributed by atoms with E-state index in [2.05, 4.69) is 6.07 Å². The Balaban J connectivity index is 2.40. The minimum Gasteiger partial charge on any atom is -0.390 e. The zero-order valence-corrected chi connectivity index (χ0v) is 10.7. The van der Waals surface area contributed by atoms with Crippen LogP contribution in [-0.2, 0) is 5.41 Å². The van der Waals surface area contributed by atoms with E-state index in [0.29, 0.717) is 0 Å². The van der Waals surface area contributed by atoms with E-state index in [-0.39, 0.29) is 5.92 Å². The summed E-state index contributed by atoms with van der Waals surface area (Å²) in [5.41, 5.74) is 0.954. The maximum Gasteiger partial charge on any atom is 0.0877 e. The van der Waals surface area contributed by atoms with Gasteiger partial charge in [0, 0.05) is 5.92 Å². The summed E-state index contributed by atoms with van der Waals surface area (Å²) in [5, 5.41) is 19.7. The Bertz CT molecular complexity index is 449. The molecule has 1 N–H and O–H groups in total. The number of rotatable bonds is 2. The molecule has 1 aliphatic carbocycles. The summed E-state index contributed by atoms with van der Waals surface area (Å²) in [6.07, 6.45) is 1.77. The Morgan fingerprint density at radius 2 is 1.94 bits per heavy atom. The summed E-state index contributed by atoms with van der Waals surface area (Å²) in [6, 6.07) is 10.6. The fourth-order valence-electron chi connectivity index (χ4n) is 2.93. The number of aliphatic hydroxyl groups is 1. The minimum atomic E-state index is -0.793. The average molecular weight is 229 g/mol. The largest absolute Gasteiger partial charge is 0.390 e. The van der Waals surface area contributed by atoms with Gasteiger partial charge in [0.15, 0.2) is 0 Å². The summed E-state index contributed by atoms with van der Waals surface area (Å²) >= 11 is 0. The predicted molar refractivity (Wildman–Crippen MR) is 67.5 cm³/mol. The number of hydrogen-bond donors (Lipinski definition) is 1. The first kappa shape index (κ1) is 12.1. The van der Waals surface area contributed by atoms with Crippen LogP contribution in [-0.4, -0.2) is 10.7 Å². The van der Waals surface area contributed by atoms with E-state index in [1.807, 2.05) is 31.2 Å². The second-order valence-corrected chi connectivity index (χ2v) is 5.69. The average Bonchev–Trinajstić information content (AvgIpc) is 2.18. The van der Waals surface area contributed by atoms with Crippen molar-refractivity contribution in [3.63, 3.8) is 0 Å². The van der Waals surface area contributed by atoms with Gasteiger partial charge in [-0.1, -0.05) is 29.8 Å². The maximum atomic E-state index is 10.2. The normalized spacial score (nSPS) is 28.3. The Morgan fingerprint density at radius 1 is 1.35 bits per heavy atom. The van der Waals surface area contributed by atoms with Crippen molar-refractivity contribution in [2.24, 2.45) is 5.92 Å². The van der Waals surface area contributed by atoms with E-state index >= 15 is 0 Å². The van der Waals surface area contributed by atoms with Gasteiger partial charge in [-0.05, 0) is 39.2 Å². The summed E-state index contributed by atoms with van der Waals surface area (Å²) in [6.45, 7) is 5.64. The Morgan fingerprint density at radius 3 is 2.29 bits per heavy atom. The lowest BCUT2D eigenvalue weighted by molar-refractivity contribution is -0.0547. The van der Waals surface area contributed by atoms with Gasteiger partial charge in [0.05, 0.1) is 17.1 Å². The van der Waals surface area contributed by atoms with Crippen LogP contribution in [0.2, 0.25) is 0 Å². The first-order valence-corrected chi connectivity index (χ1v) is 6.11. The molecule has 0 bridgehead atoms. The van der Waals surface area contributed by atoms with Crippen LogP contribution < -0.4 is 0 Å². The highest BCUT2D eigenvalue weighted by Crippen LogP contribution is 2.53. The van der Waals surface area contributed by atoms with Gasteiger partial charge in [-0.3, -0.25) is 0 Å². The molecule has 0 aromatic heterocycles. The quantitative estimate of drug-likeness (QED) is 0.847. The molecule has 2 rings (SSSR count). The molecule has 0 aliphatic heterocycles. The Hall–Kier alpha value is -1.33. The molecule has 0 radical (unpaired) electrons. The number of hydrogen-bond acceptors (Lipinski definition) is 2. The third kappa shape index (κ3) is 1.85. The maximum absolute atomic E-state index is 10.2. The monoisotopic (exact) mass is 229 g/mol. The smallest absolute Gasteiger partial charge is 0.0877 e. The molecule has 1 aliphatic rings. The van der Waals surface area contributed by atoms with Gasteiger partial charge in [-0.25, -0.2) is 0 Å². The van der Waals surface area contributed by atoms with Gasteiger partial charge in [0.2, 0.25) is 0 Å². The van der Waals surface area contributed by atoms with E-state index in [9.17, 15) is 10.4 Å². The van der Waals surface area contributed by atoms with Crippen LogP contribution in [0.3, 0.4) is 0 Å². The van der Waals surface area contributed by atoms with E-state index in [4.69, 9.17) is 0 Å². The number of nitriles is 1. The van der Waals surface area contributed by atoms with Crippen molar-refractivity contribution in [3.8, 4) is 6.07 Å². The minimum absolute atomic E-state index is 0.0303. The number of aryl methyl sites for hydroxylation is 1. The van der Waals surface area contributed by atoms with Crippen LogP contribution in [0, 0.1) is 24.2 Å². The van der Waals surface area contributed by atoms with Crippen LogP contribution in [0.5, 0.6) is 0 Å². The molecule has 2 nitrogen and oxygen atoms in total. The van der Waals surface area contributed by atoms with Crippen LogP contribution in [0.1, 0.15) is 37.8 Å². The summed E-state index contributed by atoms with van der Waals surface area (Å²) in [4.78, 5) is 0. The highest BCUT2D eigenvalue weighted by molar-refractivity contribution is 5.39. The second-order valence-electron chi connectivity index (χ2n) is 5.69. The fraction of sp³-hybridized carbons (Fsp3) is 0.533. The molecule has 0 heterocycles. The summed E-state index contributed by atoms with van der Waals surface area (Å²) in [7, 11) is 0. The van der Waals surface area contributed by atoms with Gasteiger partial charge in [0.1, 0.15) is 0 Å². The molecule has 0 saturated heterocycles. The molecule has 2 atom stereocenters. The lowest BCUT2D eigenvalue weighted by Crippen LogP contribution is -2.53. The molecule has 1 fully saturated rings. The molecule has 17 heavy (non-hydrogen) atoms. The molecule has 0 spiro atoms. The summed E-state index contributed by atoms with van der Waals surface area (Å²) < 4.78 is 0. The van der Waals surface area contributed by atoms with E-state index < -0.39 is 11.0 Å². The molecule has 90 valence electrons. The molecular formula is C15H19NO. The van der Waals surface area contributed by atoms with Crippen molar-refractivity contribution in [2.45, 2.75) is 44.6 Å². The lowest BCUT2D eigenvalue weighted by Gasteiger charge is -2.50. The molecule has 1 aromatic carbocycles. The second kappa shape index (κ2) is 3.85. The lowest BCUT2D eigenvalue weighted by atomic mass is 9.53. The van der Waals surface area contributed by atoms with Gasteiger partial charge < -0.3 is 5.11 Å². The van der Waals surface area contributed by atoms with Crippen molar-refractivity contribution >= 4 is 0 Å². The predicted octanol–water partition coefficient (Wildman–Crippen LogP) is 2.94. The molecule has 1 saturated carbocycles. The molecular weight excluding hydrogens is 210 g/mol. The van der Waals surface area contributed by atoms with E-state index in [0.717, 1.165) is 18.4 Å². The van der Waals surface area contributed by atoms with E-state index in [1.54, 1.807) is 13.8 Å². The van der Waals surface area contributed by atoms with Crippen molar-refractivity contribution < 1.29 is 5.11 Å². The number of nitrogens with zero attached hydrogens (tertiary/aromatic N) is 1. The highest BCUT2D eigenvalue weighted by Gasteiger charge is 2.54. The molecule has 0 amide bonds. The zero-order chi connectivity index (χ0) is 12.7. The SMILES string of the molecule is Cc1ccc([C@@]2(C#N)CC[C@H]2C(C)(C)O)cc1. The number of benzene rings is 1. The first-order chi connectivity index (χ1) is 7.90. The van der Waals surface area contributed by atoms with Crippen molar-refractivity contribution in [1.29, 1.82) is 5.26 Å². The van der Waals surface area contributed by atoms with Crippen LogP contribution in [0.25, 0.3) is 0 Å². The van der Waals surface area contributed by atoms with Crippen molar-refractivity contribution in [3.05, 3.63) is 35.4 Å². The first-order valence-electron chi connectivity index (χ1n) is 6.11. The van der Waals surface area contributed by atoms with Gasteiger partial charge in [-0.2, -0.15) is 5.26 Å². The van der Waals surface area contributed by atoms with Crippen LogP contribution in [0.4, 0.5) is 0 Å². The fourth-order valence-corrected chi connectivity index (χ4v) is 2.93. The topological polar surface area (TPSA) is 44.0 Å². The third-order valence-corrected chi connectivity index (χ3v) is 4.04. The highest BCUT2D eigenvalue weighted by atomic mass is 16.3.